The van der Waals surface area contributed by atoms with Crippen LogP contribution in [0.4, 0.5) is 23.2 Å². The van der Waals surface area contributed by atoms with Crippen molar-refractivity contribution in [3.05, 3.63) is 80.5 Å². The van der Waals surface area contributed by atoms with E-state index < -0.39 is 59.4 Å². The predicted octanol–water partition coefficient (Wildman–Crippen LogP) is 3.72. The van der Waals surface area contributed by atoms with Crippen LogP contribution in [0, 0.1) is 12.7 Å². The third-order valence-electron chi connectivity index (χ3n) is 4.74. The Balaban J connectivity index is 1.93. The van der Waals surface area contributed by atoms with Crippen molar-refractivity contribution in [3.8, 4) is 11.5 Å². The van der Waals surface area contributed by atoms with Crippen LogP contribution in [0.1, 0.15) is 22.9 Å². The van der Waals surface area contributed by atoms with Gasteiger partial charge in [-0.2, -0.15) is 23.0 Å². The first-order chi connectivity index (χ1) is 16.9. The summed E-state index contributed by atoms with van der Waals surface area (Å²) < 4.78 is 64.9. The third-order valence-corrected chi connectivity index (χ3v) is 5.06. The number of aryl methyl sites for hydroxylation is 1. The van der Waals surface area contributed by atoms with E-state index in [-0.39, 0.29) is 22.6 Å². The molecule has 0 saturated carbocycles. The van der Waals surface area contributed by atoms with Crippen LogP contribution in [-0.2, 0) is 22.4 Å². The predicted molar refractivity (Wildman–Crippen MR) is 120 cm³/mol. The van der Waals surface area contributed by atoms with Crippen LogP contribution in [0.3, 0.4) is 0 Å². The van der Waals surface area contributed by atoms with E-state index in [1.165, 1.54) is 13.0 Å². The smallest absolute Gasteiger partial charge is 0.417 e. The molecule has 3 rings (SSSR count). The van der Waals surface area contributed by atoms with Gasteiger partial charge in [0.2, 0.25) is 0 Å². The molecule has 1 heterocycles. The highest BCUT2D eigenvalue weighted by Crippen LogP contribution is 2.42. The normalized spacial score (nSPS) is 12.2. The number of carbonyl (C=O) groups excluding carboxylic acids is 1. The average Bonchev–Trinajstić information content (AvgIpc) is 2.80. The lowest BCUT2D eigenvalue weighted by Crippen LogP contribution is -2.27. The molecular weight excluding hydrogens is 512 g/mol. The highest BCUT2D eigenvalue weighted by Gasteiger charge is 2.35. The van der Waals surface area contributed by atoms with E-state index in [0.717, 1.165) is 35.1 Å². The molecule has 0 saturated heterocycles. The van der Waals surface area contributed by atoms with Crippen LogP contribution >= 0.6 is 11.6 Å². The quantitative estimate of drug-likeness (QED) is 0.228. The Labute approximate surface area is 206 Å². The molecule has 0 aliphatic rings. The minimum Gasteiger partial charge on any atom is -0.457 e. The van der Waals surface area contributed by atoms with Gasteiger partial charge in [-0.05, 0) is 42.8 Å². The molecular formula is C22H19ClF4N4O5. The summed E-state index contributed by atoms with van der Waals surface area (Å²) in [6, 6.07) is 5.86. The average molecular weight is 531 g/mol. The van der Waals surface area contributed by atoms with Gasteiger partial charge in [0.15, 0.2) is 13.0 Å². The zero-order valence-corrected chi connectivity index (χ0v) is 19.2. The molecule has 4 N–H and O–H groups in total. The van der Waals surface area contributed by atoms with Gasteiger partial charge in [0, 0.05) is 11.6 Å². The van der Waals surface area contributed by atoms with Crippen molar-refractivity contribution in [2.75, 3.05) is 11.9 Å². The van der Waals surface area contributed by atoms with E-state index in [9.17, 15) is 32.3 Å². The van der Waals surface area contributed by atoms with Gasteiger partial charge in [0.05, 0.1) is 29.0 Å². The number of anilines is 1. The maximum absolute atomic E-state index is 13.4. The fourth-order valence-electron chi connectivity index (χ4n) is 2.97. The van der Waals surface area contributed by atoms with Gasteiger partial charge in [-0.15, -0.1) is 0 Å². The molecule has 0 fully saturated rings. The van der Waals surface area contributed by atoms with Crippen LogP contribution in [0.5, 0.6) is 11.5 Å². The lowest BCUT2D eigenvalue weighted by atomic mass is 10.1. The number of nitrogens with two attached hydrogens (primary N) is 1. The number of hydrogen-bond acceptors (Lipinski definition) is 8. The first kappa shape index (κ1) is 26.9. The number of alkyl halides is 3. The van der Waals surface area contributed by atoms with Gasteiger partial charge in [0.1, 0.15) is 17.3 Å². The van der Waals surface area contributed by atoms with Crippen molar-refractivity contribution in [2.24, 2.45) is 5.73 Å². The topological polar surface area (TPSA) is 129 Å². The van der Waals surface area contributed by atoms with E-state index in [1.54, 1.807) is 0 Å². The van der Waals surface area contributed by atoms with Crippen LogP contribution in [0.15, 0.2) is 47.4 Å². The van der Waals surface area contributed by atoms with Gasteiger partial charge < -0.3 is 25.6 Å². The fourth-order valence-corrected chi connectivity index (χ4v) is 3.25. The second-order valence-electron chi connectivity index (χ2n) is 7.36. The van der Waals surface area contributed by atoms with Gasteiger partial charge in [-0.25, -0.2) is 4.39 Å². The Bertz CT molecular complexity index is 1330. The number of hydrogen-bond donors (Lipinski definition) is 3. The number of nitrogens with one attached hydrogen (secondary N) is 1. The maximum atomic E-state index is 13.4. The van der Waals surface area contributed by atoms with Gasteiger partial charge in [-0.3, -0.25) is 9.59 Å². The van der Waals surface area contributed by atoms with Gasteiger partial charge in [0.25, 0.3) is 5.56 Å². The first-order valence-corrected chi connectivity index (χ1v) is 10.5. The molecule has 0 aliphatic carbocycles. The van der Waals surface area contributed by atoms with Crippen LogP contribution in [0.25, 0.3) is 0 Å². The number of aliphatic hydroxyl groups excluding tert-OH is 1. The number of halogens is 5. The minimum atomic E-state index is -4.83. The summed E-state index contributed by atoms with van der Waals surface area (Å²) in [5.41, 5.74) is 3.23. The van der Waals surface area contributed by atoms with E-state index in [0.29, 0.717) is 6.07 Å². The summed E-state index contributed by atoms with van der Waals surface area (Å²) in [6.45, 7) is 0.595. The highest BCUT2D eigenvalue weighted by molar-refractivity contribution is 6.31. The molecule has 0 amide bonds. The Morgan fingerprint density at radius 1 is 1.25 bits per heavy atom. The largest absolute Gasteiger partial charge is 0.457 e. The lowest BCUT2D eigenvalue weighted by molar-refractivity contribution is -0.146. The Morgan fingerprint density at radius 3 is 2.58 bits per heavy atom. The molecule has 1 atom stereocenters. The summed E-state index contributed by atoms with van der Waals surface area (Å²) in [5, 5.41) is 16.3. The molecule has 192 valence electrons. The van der Waals surface area contributed by atoms with Gasteiger partial charge in [-0.1, -0.05) is 11.6 Å². The van der Waals surface area contributed by atoms with Crippen LogP contribution in [0.2, 0.25) is 5.02 Å². The number of benzene rings is 2. The molecule has 0 bridgehead atoms. The number of aliphatic hydroxyl groups is 1. The molecule has 2 aromatic carbocycles. The Hall–Kier alpha value is -3.68. The Morgan fingerprint density at radius 2 is 1.97 bits per heavy atom. The second-order valence-corrected chi connectivity index (χ2v) is 7.77. The van der Waals surface area contributed by atoms with E-state index in [4.69, 9.17) is 26.8 Å². The number of rotatable bonds is 8. The summed E-state index contributed by atoms with van der Waals surface area (Å²) in [5.74, 6) is -1.72. The molecule has 1 aromatic heterocycles. The third kappa shape index (κ3) is 6.50. The number of nitrogens with zero attached hydrogens (tertiary/aromatic N) is 2. The van der Waals surface area contributed by atoms with Crippen molar-refractivity contribution < 1.29 is 36.9 Å². The summed E-state index contributed by atoms with van der Waals surface area (Å²) in [4.78, 5) is 23.3. The van der Waals surface area contributed by atoms with Crippen LogP contribution < -0.4 is 21.3 Å². The SMILES string of the molecule is Cc1cc(F)ccc1Oc1cc(C(F)(F)F)c(Cl)cc1C(O)Nc1cnn(COC(=O)CN)c(=O)c1. The summed E-state index contributed by atoms with van der Waals surface area (Å²) >= 11 is 5.83. The standard InChI is InChI=1S/C22H19ClF4N4O5/c1-11-4-12(24)2-3-17(11)36-18-7-15(22(25,26)27)16(23)6-14(18)21(34)30-13-5-19(32)31(29-9-13)10-35-20(33)8-28/h2-7,9,21,30,34H,8,10,28H2,1H3. The number of aromatic nitrogens is 2. The molecule has 0 aliphatic heterocycles. The number of ether oxygens (including phenoxy) is 2. The molecule has 3 aromatic rings. The molecule has 0 radical (unpaired) electrons. The monoisotopic (exact) mass is 530 g/mol. The van der Waals surface area contributed by atoms with E-state index >= 15 is 0 Å². The zero-order valence-electron chi connectivity index (χ0n) is 18.5. The molecule has 36 heavy (non-hydrogen) atoms. The van der Waals surface area contributed by atoms with E-state index in [2.05, 4.69) is 10.4 Å². The molecule has 9 nitrogen and oxygen atoms in total. The maximum Gasteiger partial charge on any atom is 0.417 e. The van der Waals surface area contributed by atoms with Crippen molar-refractivity contribution in [3.63, 3.8) is 0 Å². The second kappa shape index (κ2) is 10.9. The number of esters is 1. The van der Waals surface area contributed by atoms with Crippen molar-refractivity contribution in [1.29, 1.82) is 0 Å². The van der Waals surface area contributed by atoms with Gasteiger partial charge >= 0.3 is 12.1 Å². The summed E-state index contributed by atoms with van der Waals surface area (Å²) in [7, 11) is 0. The molecule has 1 unspecified atom stereocenters. The molecule has 14 heteroatoms. The zero-order chi connectivity index (χ0) is 26.6. The van der Waals surface area contributed by atoms with Crippen molar-refractivity contribution >= 4 is 23.3 Å². The number of carbonyl (C=O) groups is 1. The van der Waals surface area contributed by atoms with E-state index in [1.807, 2.05) is 0 Å². The van der Waals surface area contributed by atoms with Crippen molar-refractivity contribution in [1.82, 2.24) is 9.78 Å². The summed E-state index contributed by atoms with van der Waals surface area (Å²) in [6.07, 6.45) is -5.43. The first-order valence-electron chi connectivity index (χ1n) is 10.1. The highest BCUT2D eigenvalue weighted by atomic mass is 35.5. The lowest BCUT2D eigenvalue weighted by Gasteiger charge is -2.21. The van der Waals surface area contributed by atoms with Crippen molar-refractivity contribution in [2.45, 2.75) is 26.1 Å². The van der Waals surface area contributed by atoms with Crippen LogP contribution in [-0.4, -0.2) is 27.4 Å². The fraction of sp³-hybridized carbons (Fsp3) is 0.227. The Kier molecular flexibility index (Phi) is 8.17. The minimum absolute atomic E-state index is 0.0196. The molecule has 0 spiro atoms.